The SMILES string of the molecule is CNC(=O)Oc1ccc2[nH]ccc2c1F. The third kappa shape index (κ3) is 1.63. The van der Waals surface area contributed by atoms with Crippen LogP contribution in [-0.4, -0.2) is 18.1 Å². The molecule has 0 spiro atoms. The summed E-state index contributed by atoms with van der Waals surface area (Å²) in [6.07, 6.45) is 0.932. The molecule has 78 valence electrons. The lowest BCUT2D eigenvalue weighted by molar-refractivity contribution is 0.201. The van der Waals surface area contributed by atoms with Crippen LogP contribution in [0.15, 0.2) is 24.4 Å². The van der Waals surface area contributed by atoms with Crippen LogP contribution in [0.2, 0.25) is 0 Å². The van der Waals surface area contributed by atoms with Crippen molar-refractivity contribution in [1.82, 2.24) is 10.3 Å². The molecular formula is C10H9FN2O2. The van der Waals surface area contributed by atoms with Crippen molar-refractivity contribution in [3.05, 3.63) is 30.2 Å². The normalized spacial score (nSPS) is 10.3. The fourth-order valence-corrected chi connectivity index (χ4v) is 1.31. The van der Waals surface area contributed by atoms with Crippen molar-refractivity contribution >= 4 is 17.0 Å². The van der Waals surface area contributed by atoms with E-state index < -0.39 is 11.9 Å². The fraction of sp³-hybridized carbons (Fsp3) is 0.100. The van der Waals surface area contributed by atoms with E-state index in [2.05, 4.69) is 10.3 Å². The highest BCUT2D eigenvalue weighted by molar-refractivity contribution is 5.82. The van der Waals surface area contributed by atoms with Crippen LogP contribution in [0.3, 0.4) is 0 Å². The zero-order valence-electron chi connectivity index (χ0n) is 8.00. The lowest BCUT2D eigenvalue weighted by Gasteiger charge is -2.04. The molecule has 0 aliphatic heterocycles. The van der Waals surface area contributed by atoms with Gasteiger partial charge in [-0.05, 0) is 18.2 Å². The van der Waals surface area contributed by atoms with E-state index in [-0.39, 0.29) is 5.75 Å². The molecule has 15 heavy (non-hydrogen) atoms. The number of rotatable bonds is 1. The number of aromatic amines is 1. The van der Waals surface area contributed by atoms with Crippen molar-refractivity contribution in [2.24, 2.45) is 0 Å². The number of ether oxygens (including phenoxy) is 1. The molecule has 2 N–H and O–H groups in total. The first-order chi connectivity index (χ1) is 7.22. The third-order valence-electron chi connectivity index (χ3n) is 2.04. The van der Waals surface area contributed by atoms with Crippen molar-refractivity contribution < 1.29 is 13.9 Å². The van der Waals surface area contributed by atoms with Gasteiger partial charge in [-0.15, -0.1) is 0 Å². The van der Waals surface area contributed by atoms with Crippen molar-refractivity contribution in [3.63, 3.8) is 0 Å². The van der Waals surface area contributed by atoms with Crippen LogP contribution in [0, 0.1) is 5.82 Å². The van der Waals surface area contributed by atoms with Crippen molar-refractivity contribution in [3.8, 4) is 5.75 Å². The molecule has 0 radical (unpaired) electrons. The first kappa shape index (κ1) is 9.51. The van der Waals surface area contributed by atoms with E-state index in [4.69, 9.17) is 4.74 Å². The van der Waals surface area contributed by atoms with Crippen LogP contribution in [0.5, 0.6) is 5.75 Å². The second kappa shape index (κ2) is 3.61. The molecule has 0 fully saturated rings. The van der Waals surface area contributed by atoms with E-state index in [1.165, 1.54) is 13.1 Å². The van der Waals surface area contributed by atoms with Gasteiger partial charge in [0.1, 0.15) is 0 Å². The molecule has 1 heterocycles. The molecular weight excluding hydrogens is 199 g/mol. The number of fused-ring (bicyclic) bond motifs is 1. The standard InChI is InChI=1S/C10H9FN2O2/c1-12-10(14)15-8-3-2-7-6(9(8)11)4-5-13-7/h2-5,13H,1H3,(H,12,14). The Hall–Kier alpha value is -2.04. The van der Waals surface area contributed by atoms with Gasteiger partial charge in [-0.2, -0.15) is 0 Å². The molecule has 1 amide bonds. The molecule has 1 aromatic carbocycles. The number of halogens is 1. The molecule has 0 saturated heterocycles. The topological polar surface area (TPSA) is 54.1 Å². The fourth-order valence-electron chi connectivity index (χ4n) is 1.31. The second-order valence-electron chi connectivity index (χ2n) is 2.96. The second-order valence-corrected chi connectivity index (χ2v) is 2.96. The smallest absolute Gasteiger partial charge is 0.407 e. The average molecular weight is 208 g/mol. The van der Waals surface area contributed by atoms with Crippen LogP contribution < -0.4 is 10.1 Å². The highest BCUT2D eigenvalue weighted by Gasteiger charge is 2.11. The first-order valence-electron chi connectivity index (χ1n) is 4.37. The van der Waals surface area contributed by atoms with Gasteiger partial charge in [-0.1, -0.05) is 0 Å². The lowest BCUT2D eigenvalue weighted by Crippen LogP contribution is -2.22. The van der Waals surface area contributed by atoms with Gasteiger partial charge in [0, 0.05) is 24.1 Å². The molecule has 4 nitrogen and oxygen atoms in total. The van der Waals surface area contributed by atoms with Crippen molar-refractivity contribution in [2.75, 3.05) is 7.05 Å². The maximum absolute atomic E-state index is 13.7. The predicted octanol–water partition coefficient (Wildman–Crippen LogP) is 2.03. The Morgan fingerprint density at radius 2 is 2.27 bits per heavy atom. The van der Waals surface area contributed by atoms with Gasteiger partial charge in [0.15, 0.2) is 11.6 Å². The highest BCUT2D eigenvalue weighted by Crippen LogP contribution is 2.25. The van der Waals surface area contributed by atoms with Gasteiger partial charge < -0.3 is 15.0 Å². The molecule has 0 unspecified atom stereocenters. The van der Waals surface area contributed by atoms with E-state index in [1.807, 2.05) is 0 Å². The minimum Gasteiger partial charge on any atom is -0.407 e. The van der Waals surface area contributed by atoms with Crippen LogP contribution in [-0.2, 0) is 0 Å². The summed E-state index contributed by atoms with van der Waals surface area (Å²) in [5.41, 5.74) is 0.664. The summed E-state index contributed by atoms with van der Waals surface area (Å²) in [7, 11) is 1.41. The van der Waals surface area contributed by atoms with E-state index >= 15 is 0 Å². The van der Waals surface area contributed by atoms with Crippen LogP contribution in [0.25, 0.3) is 10.9 Å². The molecule has 5 heteroatoms. The molecule has 0 saturated carbocycles. The molecule has 1 aromatic heterocycles. The molecule has 2 aromatic rings. The summed E-state index contributed by atoms with van der Waals surface area (Å²) in [5.74, 6) is -0.626. The number of H-pyrrole nitrogens is 1. The Labute approximate surface area is 85.0 Å². The van der Waals surface area contributed by atoms with Crippen LogP contribution in [0.4, 0.5) is 9.18 Å². The summed E-state index contributed by atoms with van der Waals surface area (Å²) >= 11 is 0. The molecule has 0 atom stereocenters. The van der Waals surface area contributed by atoms with E-state index in [0.717, 1.165) is 0 Å². The Morgan fingerprint density at radius 1 is 1.47 bits per heavy atom. The van der Waals surface area contributed by atoms with Crippen molar-refractivity contribution in [1.29, 1.82) is 0 Å². The molecule has 0 aliphatic rings. The average Bonchev–Trinajstić information content (AvgIpc) is 2.70. The number of aromatic nitrogens is 1. The van der Waals surface area contributed by atoms with Gasteiger partial charge in [0.25, 0.3) is 0 Å². The maximum atomic E-state index is 13.7. The monoisotopic (exact) mass is 208 g/mol. The Bertz CT molecular complexity index is 507. The Morgan fingerprint density at radius 3 is 3.00 bits per heavy atom. The number of carbonyl (C=O) groups excluding carboxylic acids is 1. The van der Waals surface area contributed by atoms with E-state index in [0.29, 0.717) is 10.9 Å². The summed E-state index contributed by atoms with van der Waals surface area (Å²) in [6, 6.07) is 4.64. The summed E-state index contributed by atoms with van der Waals surface area (Å²) < 4.78 is 18.4. The summed E-state index contributed by atoms with van der Waals surface area (Å²) in [6.45, 7) is 0. The number of carbonyl (C=O) groups is 1. The number of amides is 1. The molecule has 0 bridgehead atoms. The number of hydrogen-bond donors (Lipinski definition) is 2. The summed E-state index contributed by atoms with van der Waals surface area (Å²) in [4.78, 5) is 13.8. The lowest BCUT2D eigenvalue weighted by atomic mass is 10.2. The molecule has 2 rings (SSSR count). The number of nitrogens with one attached hydrogen (secondary N) is 2. The van der Waals surface area contributed by atoms with Gasteiger partial charge in [-0.25, -0.2) is 9.18 Å². The van der Waals surface area contributed by atoms with Crippen molar-refractivity contribution in [2.45, 2.75) is 0 Å². The van der Waals surface area contributed by atoms with Gasteiger partial charge in [0.2, 0.25) is 0 Å². The summed E-state index contributed by atoms with van der Waals surface area (Å²) in [5, 5.41) is 2.65. The van der Waals surface area contributed by atoms with Crippen LogP contribution >= 0.6 is 0 Å². The minimum absolute atomic E-state index is 0.0820. The van der Waals surface area contributed by atoms with Gasteiger partial charge >= 0.3 is 6.09 Å². The van der Waals surface area contributed by atoms with E-state index in [1.54, 1.807) is 18.3 Å². The predicted molar refractivity (Wildman–Crippen MR) is 53.3 cm³/mol. The Kier molecular flexibility index (Phi) is 2.29. The van der Waals surface area contributed by atoms with Gasteiger partial charge in [0.05, 0.1) is 0 Å². The molecule has 0 aliphatic carbocycles. The van der Waals surface area contributed by atoms with E-state index in [9.17, 15) is 9.18 Å². The Balaban J connectivity index is 2.43. The zero-order valence-corrected chi connectivity index (χ0v) is 8.00. The largest absolute Gasteiger partial charge is 0.412 e. The van der Waals surface area contributed by atoms with Crippen LogP contribution in [0.1, 0.15) is 0 Å². The third-order valence-corrected chi connectivity index (χ3v) is 2.04. The minimum atomic E-state index is -0.691. The highest BCUT2D eigenvalue weighted by atomic mass is 19.1. The van der Waals surface area contributed by atoms with Gasteiger partial charge in [-0.3, -0.25) is 0 Å². The quantitative estimate of drug-likeness (QED) is 0.753. The maximum Gasteiger partial charge on any atom is 0.412 e. The first-order valence-corrected chi connectivity index (χ1v) is 4.37. The zero-order chi connectivity index (χ0) is 10.8. The number of hydrogen-bond acceptors (Lipinski definition) is 2. The number of benzene rings is 1.